The Labute approximate surface area is 106 Å². The van der Waals surface area contributed by atoms with E-state index in [1.807, 2.05) is 0 Å². The van der Waals surface area contributed by atoms with Crippen LogP contribution < -0.4 is 5.32 Å². The van der Waals surface area contributed by atoms with E-state index in [9.17, 15) is 13.6 Å². The Morgan fingerprint density at radius 3 is 2.83 bits per heavy atom. The van der Waals surface area contributed by atoms with Crippen LogP contribution in [0.25, 0.3) is 0 Å². The Bertz CT molecular complexity index is 531. The van der Waals surface area contributed by atoms with Gasteiger partial charge < -0.3 is 5.32 Å². The van der Waals surface area contributed by atoms with Crippen molar-refractivity contribution < 1.29 is 13.6 Å². The summed E-state index contributed by atoms with van der Waals surface area (Å²) in [7, 11) is 0. The largest absolute Gasteiger partial charge is 0.331 e. The first-order valence-electron chi connectivity index (χ1n) is 5.00. The van der Waals surface area contributed by atoms with Gasteiger partial charge >= 0.3 is 6.03 Å². The summed E-state index contributed by atoms with van der Waals surface area (Å²) in [6, 6.07) is 5.95. The van der Waals surface area contributed by atoms with Gasteiger partial charge in [-0.25, -0.2) is 9.78 Å². The fourth-order valence-electron chi connectivity index (χ4n) is 1.33. The van der Waals surface area contributed by atoms with Crippen LogP contribution >= 0.6 is 11.8 Å². The molecule has 0 radical (unpaired) electrons. The minimum absolute atomic E-state index is 0.320. The third kappa shape index (κ3) is 3.07. The van der Waals surface area contributed by atoms with Crippen LogP contribution in [0, 0.1) is 0 Å². The number of carbonyl (C=O) groups excluding carboxylic acids is 1. The van der Waals surface area contributed by atoms with Crippen molar-refractivity contribution in [3.8, 4) is 0 Å². The Morgan fingerprint density at radius 1 is 1.39 bits per heavy atom. The minimum atomic E-state index is -2.53. The molecule has 0 spiro atoms. The maximum absolute atomic E-state index is 12.3. The molecular formula is C11H9F2N3OS. The first-order valence-corrected chi connectivity index (χ1v) is 5.88. The van der Waals surface area contributed by atoms with Gasteiger partial charge in [0.15, 0.2) is 0 Å². The lowest BCUT2D eigenvalue weighted by Gasteiger charge is -2.10. The highest BCUT2D eigenvalue weighted by molar-refractivity contribution is 7.99. The molecule has 0 aliphatic carbocycles. The van der Waals surface area contributed by atoms with E-state index in [0.717, 1.165) is 0 Å². The number of carbonyl (C=O) groups is 1. The van der Waals surface area contributed by atoms with Crippen molar-refractivity contribution >= 4 is 23.5 Å². The van der Waals surface area contributed by atoms with Gasteiger partial charge in [-0.05, 0) is 12.1 Å². The van der Waals surface area contributed by atoms with E-state index in [0.29, 0.717) is 22.3 Å². The number of anilines is 1. The van der Waals surface area contributed by atoms with Crippen molar-refractivity contribution in [2.75, 3.05) is 5.32 Å². The van der Waals surface area contributed by atoms with Crippen molar-refractivity contribution in [1.82, 2.24) is 9.55 Å². The van der Waals surface area contributed by atoms with Crippen molar-refractivity contribution in [2.45, 2.75) is 10.7 Å². The van der Waals surface area contributed by atoms with Gasteiger partial charge in [0, 0.05) is 17.3 Å². The second-order valence-corrected chi connectivity index (χ2v) is 4.31. The van der Waals surface area contributed by atoms with E-state index in [2.05, 4.69) is 10.3 Å². The average molecular weight is 269 g/mol. The minimum Gasteiger partial charge on any atom is -0.306 e. The number of nitrogens with one attached hydrogen (secondary N) is 1. The molecule has 18 heavy (non-hydrogen) atoms. The number of hydrogen-bond donors (Lipinski definition) is 1. The average Bonchev–Trinajstić information content (AvgIpc) is 2.84. The number of amides is 1. The van der Waals surface area contributed by atoms with E-state index < -0.39 is 11.8 Å². The van der Waals surface area contributed by atoms with Crippen molar-refractivity contribution in [3.63, 3.8) is 0 Å². The molecule has 0 aliphatic rings. The van der Waals surface area contributed by atoms with E-state index in [1.165, 1.54) is 29.4 Å². The van der Waals surface area contributed by atoms with Crippen LogP contribution in [0.2, 0.25) is 0 Å². The monoisotopic (exact) mass is 269 g/mol. The number of rotatable bonds is 3. The van der Waals surface area contributed by atoms with E-state index >= 15 is 0 Å². The quantitative estimate of drug-likeness (QED) is 0.870. The SMILES string of the molecule is O=C(Nc1ccccc1SC(F)F)n1ccnc1. The fraction of sp³-hybridized carbons (Fsp3) is 0.0909. The number of hydrogen-bond acceptors (Lipinski definition) is 3. The van der Waals surface area contributed by atoms with Gasteiger partial charge in [0.25, 0.3) is 5.76 Å². The standard InChI is InChI=1S/C11H9F2N3OS/c12-10(13)18-9-4-2-1-3-8(9)15-11(17)16-6-5-14-7-16/h1-7,10H,(H,15,17). The summed E-state index contributed by atoms with van der Waals surface area (Å²) >= 11 is 0.391. The molecule has 2 aromatic rings. The first-order chi connectivity index (χ1) is 8.66. The number of nitrogens with zero attached hydrogens (tertiary/aromatic N) is 2. The molecule has 0 bridgehead atoms. The lowest BCUT2D eigenvalue weighted by Crippen LogP contribution is -2.18. The van der Waals surface area contributed by atoms with E-state index in [1.54, 1.807) is 18.2 Å². The molecule has 7 heteroatoms. The van der Waals surface area contributed by atoms with Gasteiger partial charge in [0.1, 0.15) is 6.33 Å². The van der Waals surface area contributed by atoms with Gasteiger partial charge in [-0.2, -0.15) is 8.78 Å². The smallest absolute Gasteiger partial charge is 0.306 e. The zero-order valence-corrected chi connectivity index (χ0v) is 9.90. The molecule has 1 aromatic heterocycles. The zero-order chi connectivity index (χ0) is 13.0. The predicted molar refractivity (Wildman–Crippen MR) is 64.9 cm³/mol. The highest BCUT2D eigenvalue weighted by atomic mass is 32.2. The maximum Gasteiger partial charge on any atom is 0.331 e. The summed E-state index contributed by atoms with van der Waals surface area (Å²) in [5.74, 6) is -2.53. The topological polar surface area (TPSA) is 46.9 Å². The van der Waals surface area contributed by atoms with Gasteiger partial charge in [0.05, 0.1) is 5.69 Å². The van der Waals surface area contributed by atoms with Gasteiger partial charge in [-0.1, -0.05) is 23.9 Å². The zero-order valence-electron chi connectivity index (χ0n) is 9.09. The van der Waals surface area contributed by atoms with Crippen LogP contribution in [-0.2, 0) is 0 Å². The normalized spacial score (nSPS) is 10.6. The molecule has 0 fully saturated rings. The summed E-state index contributed by atoms with van der Waals surface area (Å²) in [6.07, 6.45) is 4.26. The van der Waals surface area contributed by atoms with Crippen LogP contribution in [0.1, 0.15) is 0 Å². The number of para-hydroxylation sites is 1. The van der Waals surface area contributed by atoms with Gasteiger partial charge in [-0.3, -0.25) is 4.57 Å². The Morgan fingerprint density at radius 2 is 2.17 bits per heavy atom. The molecule has 2 rings (SSSR count). The highest BCUT2D eigenvalue weighted by Crippen LogP contribution is 2.31. The molecule has 0 saturated heterocycles. The summed E-state index contributed by atoms with van der Waals surface area (Å²) in [5, 5.41) is 2.55. The predicted octanol–water partition coefficient (Wildman–Crippen LogP) is 3.28. The lowest BCUT2D eigenvalue weighted by molar-refractivity contribution is 0.251. The molecule has 0 atom stereocenters. The molecule has 1 heterocycles. The summed E-state index contributed by atoms with van der Waals surface area (Å²) in [4.78, 5) is 15.8. The Kier molecular flexibility index (Phi) is 3.93. The summed E-state index contributed by atoms with van der Waals surface area (Å²) in [5.41, 5.74) is 0.349. The van der Waals surface area contributed by atoms with Crippen LogP contribution in [0.3, 0.4) is 0 Å². The molecule has 1 N–H and O–H groups in total. The Hall–Kier alpha value is -1.89. The highest BCUT2D eigenvalue weighted by Gasteiger charge is 2.12. The first kappa shape index (κ1) is 12.6. The Balaban J connectivity index is 2.16. The number of thioether (sulfide) groups is 1. The molecule has 0 aliphatic heterocycles. The number of halogens is 2. The van der Waals surface area contributed by atoms with Crippen LogP contribution in [-0.4, -0.2) is 21.3 Å². The fourth-order valence-corrected chi connectivity index (χ4v) is 1.92. The molecule has 1 aromatic carbocycles. The van der Waals surface area contributed by atoms with Gasteiger partial charge in [-0.15, -0.1) is 0 Å². The number of aromatic nitrogens is 2. The number of imidazole rings is 1. The number of alkyl halides is 2. The van der Waals surface area contributed by atoms with Crippen molar-refractivity contribution in [1.29, 1.82) is 0 Å². The molecule has 94 valence electrons. The number of benzene rings is 1. The third-order valence-electron chi connectivity index (χ3n) is 2.08. The van der Waals surface area contributed by atoms with E-state index in [-0.39, 0.29) is 0 Å². The van der Waals surface area contributed by atoms with Crippen LogP contribution in [0.15, 0.2) is 47.9 Å². The maximum atomic E-state index is 12.3. The summed E-state index contributed by atoms with van der Waals surface area (Å²) in [6.45, 7) is 0. The summed E-state index contributed by atoms with van der Waals surface area (Å²) < 4.78 is 25.9. The molecule has 0 saturated carbocycles. The third-order valence-corrected chi connectivity index (χ3v) is 2.87. The van der Waals surface area contributed by atoms with Crippen LogP contribution in [0.4, 0.5) is 19.3 Å². The molecule has 0 unspecified atom stereocenters. The van der Waals surface area contributed by atoms with E-state index in [4.69, 9.17) is 0 Å². The second-order valence-electron chi connectivity index (χ2n) is 3.27. The van der Waals surface area contributed by atoms with Gasteiger partial charge in [0.2, 0.25) is 0 Å². The molecule has 4 nitrogen and oxygen atoms in total. The van der Waals surface area contributed by atoms with Crippen LogP contribution in [0.5, 0.6) is 0 Å². The van der Waals surface area contributed by atoms with Crippen molar-refractivity contribution in [2.24, 2.45) is 0 Å². The molecular weight excluding hydrogens is 260 g/mol. The molecule has 1 amide bonds. The second kappa shape index (κ2) is 5.63. The van der Waals surface area contributed by atoms with Crippen molar-refractivity contribution in [3.05, 3.63) is 43.0 Å². The lowest BCUT2D eigenvalue weighted by atomic mass is 10.3.